The zero-order valence-corrected chi connectivity index (χ0v) is 13.6. The Bertz CT molecular complexity index is 449. The van der Waals surface area contributed by atoms with Gasteiger partial charge in [0.15, 0.2) is 0 Å². The van der Waals surface area contributed by atoms with Gasteiger partial charge < -0.3 is 15.2 Å². The average molecular weight is 292 g/mol. The molecule has 1 aliphatic heterocycles. The lowest BCUT2D eigenvalue weighted by Gasteiger charge is -2.34. The van der Waals surface area contributed by atoms with Gasteiger partial charge in [0.05, 0.1) is 18.4 Å². The molecule has 1 saturated heterocycles. The van der Waals surface area contributed by atoms with E-state index in [4.69, 9.17) is 0 Å². The second-order valence-electron chi connectivity index (χ2n) is 7.32. The van der Waals surface area contributed by atoms with E-state index < -0.39 is 0 Å². The molecule has 2 rings (SSSR count). The van der Waals surface area contributed by atoms with E-state index in [9.17, 15) is 4.79 Å². The van der Waals surface area contributed by atoms with Gasteiger partial charge in [-0.05, 0) is 30.7 Å². The van der Waals surface area contributed by atoms with Gasteiger partial charge in [-0.3, -0.25) is 4.79 Å². The number of nitrogens with zero attached hydrogens (tertiary/aromatic N) is 2. The van der Waals surface area contributed by atoms with Crippen LogP contribution in [-0.2, 0) is 11.3 Å². The summed E-state index contributed by atoms with van der Waals surface area (Å²) in [7, 11) is 0. The van der Waals surface area contributed by atoms with Crippen LogP contribution in [0.1, 0.15) is 40.5 Å². The van der Waals surface area contributed by atoms with Crippen molar-refractivity contribution < 1.29 is 4.79 Å². The largest absolute Gasteiger partial charge is 0.350 e. The molecule has 1 fully saturated rings. The quantitative estimate of drug-likeness (QED) is 0.889. The molecule has 0 aliphatic carbocycles. The smallest absolute Gasteiger partial charge is 0.237 e. The van der Waals surface area contributed by atoms with Gasteiger partial charge in [0, 0.05) is 18.9 Å². The molecule has 1 aromatic heterocycles. The van der Waals surface area contributed by atoms with Crippen molar-refractivity contribution in [1.29, 1.82) is 0 Å². The Morgan fingerprint density at radius 2 is 2.29 bits per heavy atom. The van der Waals surface area contributed by atoms with Crippen molar-refractivity contribution >= 4 is 5.91 Å². The van der Waals surface area contributed by atoms with Gasteiger partial charge in [-0.2, -0.15) is 0 Å². The third-order valence-electron chi connectivity index (χ3n) is 4.30. The van der Waals surface area contributed by atoms with Crippen LogP contribution in [0.15, 0.2) is 18.7 Å². The van der Waals surface area contributed by atoms with Crippen LogP contribution in [0.25, 0.3) is 0 Å². The molecule has 118 valence electrons. The molecule has 0 radical (unpaired) electrons. The normalized spacial score (nSPS) is 24.6. The van der Waals surface area contributed by atoms with Gasteiger partial charge in [-0.1, -0.05) is 27.7 Å². The monoisotopic (exact) mass is 292 g/mol. The number of aromatic nitrogens is 2. The fourth-order valence-electron chi connectivity index (χ4n) is 2.72. The first kappa shape index (κ1) is 16.0. The van der Waals surface area contributed by atoms with Gasteiger partial charge in [0.2, 0.25) is 5.91 Å². The summed E-state index contributed by atoms with van der Waals surface area (Å²) in [6, 6.07) is 0.0274. The molecule has 3 unspecified atom stereocenters. The van der Waals surface area contributed by atoms with Crippen molar-refractivity contribution in [2.75, 3.05) is 6.54 Å². The first-order valence-electron chi connectivity index (χ1n) is 7.86. The fraction of sp³-hybridized carbons (Fsp3) is 0.750. The lowest BCUT2D eigenvalue weighted by molar-refractivity contribution is -0.125. The number of piperidine rings is 1. The molecule has 2 heterocycles. The van der Waals surface area contributed by atoms with E-state index in [2.05, 4.69) is 43.3 Å². The molecule has 0 bridgehead atoms. The number of nitrogens with one attached hydrogen (secondary N) is 2. The van der Waals surface area contributed by atoms with E-state index in [0.717, 1.165) is 25.9 Å². The Hall–Kier alpha value is -1.36. The molecule has 1 aromatic rings. The predicted octanol–water partition coefficient (Wildman–Crippen LogP) is 1.80. The van der Waals surface area contributed by atoms with Crippen molar-refractivity contribution in [2.24, 2.45) is 11.3 Å². The molecule has 0 saturated carbocycles. The number of amides is 1. The minimum absolute atomic E-state index is 0.000211. The van der Waals surface area contributed by atoms with Crippen LogP contribution >= 0.6 is 0 Å². The standard InChI is InChI=1S/C16H28N4O/c1-12-5-6-18-13(9-12)15(21)19-14(16(2,3)4)10-20-8-7-17-11-20/h7-8,11-14,18H,5-6,9-10H2,1-4H3,(H,19,21). The summed E-state index contributed by atoms with van der Waals surface area (Å²) in [5.74, 6) is 0.741. The molecular weight excluding hydrogens is 264 g/mol. The molecule has 0 aromatic carbocycles. The topological polar surface area (TPSA) is 59.0 Å². The van der Waals surface area contributed by atoms with Crippen molar-refractivity contribution in [3.63, 3.8) is 0 Å². The maximum atomic E-state index is 12.5. The maximum absolute atomic E-state index is 12.5. The number of carbonyl (C=O) groups excluding carboxylic acids is 1. The van der Waals surface area contributed by atoms with Crippen molar-refractivity contribution in [3.05, 3.63) is 18.7 Å². The summed E-state index contributed by atoms with van der Waals surface area (Å²) in [4.78, 5) is 16.6. The fourth-order valence-corrected chi connectivity index (χ4v) is 2.72. The van der Waals surface area contributed by atoms with E-state index in [1.54, 1.807) is 12.5 Å². The molecule has 1 amide bonds. The number of rotatable bonds is 4. The lowest BCUT2D eigenvalue weighted by atomic mass is 9.86. The second kappa shape index (κ2) is 6.60. The zero-order chi connectivity index (χ0) is 15.5. The first-order chi connectivity index (χ1) is 9.86. The molecule has 0 spiro atoms. The highest BCUT2D eigenvalue weighted by atomic mass is 16.2. The highest BCUT2D eigenvalue weighted by molar-refractivity contribution is 5.82. The highest BCUT2D eigenvalue weighted by Crippen LogP contribution is 2.22. The molecule has 5 nitrogen and oxygen atoms in total. The zero-order valence-electron chi connectivity index (χ0n) is 13.6. The van der Waals surface area contributed by atoms with Crippen LogP contribution in [0.2, 0.25) is 0 Å². The Morgan fingerprint density at radius 1 is 1.52 bits per heavy atom. The Kier molecular flexibility index (Phi) is 5.04. The summed E-state index contributed by atoms with van der Waals surface area (Å²) >= 11 is 0. The minimum Gasteiger partial charge on any atom is -0.350 e. The lowest BCUT2D eigenvalue weighted by Crippen LogP contribution is -2.54. The summed E-state index contributed by atoms with van der Waals surface area (Å²) in [6.45, 7) is 10.4. The Labute approximate surface area is 127 Å². The summed E-state index contributed by atoms with van der Waals surface area (Å²) in [6.07, 6.45) is 7.58. The van der Waals surface area contributed by atoms with Crippen LogP contribution in [0.5, 0.6) is 0 Å². The third kappa shape index (κ3) is 4.56. The SMILES string of the molecule is CC1CCNC(C(=O)NC(Cn2ccnc2)C(C)(C)C)C1. The Morgan fingerprint density at radius 3 is 2.86 bits per heavy atom. The molecule has 5 heteroatoms. The summed E-state index contributed by atoms with van der Waals surface area (Å²) < 4.78 is 2.02. The Balaban J connectivity index is 1.99. The van der Waals surface area contributed by atoms with E-state index in [1.165, 1.54) is 0 Å². The third-order valence-corrected chi connectivity index (χ3v) is 4.30. The number of hydrogen-bond donors (Lipinski definition) is 2. The average Bonchev–Trinajstić information content (AvgIpc) is 2.89. The minimum atomic E-state index is -0.0543. The maximum Gasteiger partial charge on any atom is 0.237 e. The van der Waals surface area contributed by atoms with Crippen molar-refractivity contribution in [1.82, 2.24) is 20.2 Å². The number of carbonyl (C=O) groups is 1. The van der Waals surface area contributed by atoms with E-state index in [1.807, 2.05) is 10.8 Å². The van der Waals surface area contributed by atoms with E-state index >= 15 is 0 Å². The summed E-state index contributed by atoms with van der Waals surface area (Å²) in [5, 5.41) is 6.57. The van der Waals surface area contributed by atoms with Crippen LogP contribution in [0.3, 0.4) is 0 Å². The molecule has 2 N–H and O–H groups in total. The summed E-state index contributed by atoms with van der Waals surface area (Å²) in [5.41, 5.74) is 0.000211. The van der Waals surface area contributed by atoms with Gasteiger partial charge in [0.25, 0.3) is 0 Å². The number of hydrogen-bond acceptors (Lipinski definition) is 3. The highest BCUT2D eigenvalue weighted by Gasteiger charge is 2.31. The predicted molar refractivity (Wildman–Crippen MR) is 83.8 cm³/mol. The van der Waals surface area contributed by atoms with Gasteiger partial charge in [-0.25, -0.2) is 4.98 Å². The van der Waals surface area contributed by atoms with Crippen molar-refractivity contribution in [3.8, 4) is 0 Å². The second-order valence-corrected chi connectivity index (χ2v) is 7.32. The molecule has 21 heavy (non-hydrogen) atoms. The molecule has 1 aliphatic rings. The molecule has 3 atom stereocenters. The van der Waals surface area contributed by atoms with E-state index in [-0.39, 0.29) is 23.4 Å². The first-order valence-corrected chi connectivity index (χ1v) is 7.86. The number of imidazole rings is 1. The van der Waals surface area contributed by atoms with Crippen molar-refractivity contribution in [2.45, 2.75) is 59.2 Å². The van der Waals surface area contributed by atoms with Gasteiger partial charge in [-0.15, -0.1) is 0 Å². The van der Waals surface area contributed by atoms with Crippen LogP contribution in [-0.4, -0.2) is 34.1 Å². The van der Waals surface area contributed by atoms with Gasteiger partial charge >= 0.3 is 0 Å². The van der Waals surface area contributed by atoms with Crippen LogP contribution < -0.4 is 10.6 Å². The molecular formula is C16H28N4O. The van der Waals surface area contributed by atoms with Gasteiger partial charge in [0.1, 0.15) is 0 Å². The van der Waals surface area contributed by atoms with E-state index in [0.29, 0.717) is 5.92 Å². The van der Waals surface area contributed by atoms with Crippen LogP contribution in [0.4, 0.5) is 0 Å². The van der Waals surface area contributed by atoms with Crippen LogP contribution in [0, 0.1) is 11.3 Å².